The SMILES string of the molecule is CC(C)OC(=O)[C@H](C)NP(=O)(OCC1O[C@@H](c2nnc3c(N)ncnn23)[C@](C)(O)[C@@H]1O)Oc1ccc(Cl)cc1. The fourth-order valence-corrected chi connectivity index (χ4v) is 5.45. The average molecular weight is 586 g/mol. The van der Waals surface area contributed by atoms with E-state index in [4.69, 9.17) is 35.9 Å². The van der Waals surface area contributed by atoms with Gasteiger partial charge in [0.15, 0.2) is 17.7 Å². The van der Waals surface area contributed by atoms with Crippen LogP contribution in [0, 0.1) is 0 Å². The molecule has 1 aromatic carbocycles. The smallest absolute Gasteiger partial charge is 0.459 e. The number of nitrogens with two attached hydrogens (primary N) is 1. The predicted molar refractivity (Wildman–Crippen MR) is 137 cm³/mol. The first kappa shape index (κ1) is 29.1. The first-order valence-electron chi connectivity index (χ1n) is 11.9. The number of carbonyl (C=O) groups is 1. The summed E-state index contributed by atoms with van der Waals surface area (Å²) in [5, 5.41) is 36.9. The first-order chi connectivity index (χ1) is 18.3. The Labute approximate surface area is 228 Å². The van der Waals surface area contributed by atoms with E-state index in [0.29, 0.717) is 5.02 Å². The number of anilines is 1. The highest BCUT2D eigenvalue weighted by molar-refractivity contribution is 7.52. The molecule has 0 amide bonds. The molecule has 3 heterocycles. The first-order valence-corrected chi connectivity index (χ1v) is 13.8. The number of benzene rings is 1. The molecule has 0 saturated carbocycles. The molecule has 212 valence electrons. The number of aliphatic hydroxyl groups is 2. The number of rotatable bonds is 10. The zero-order valence-corrected chi connectivity index (χ0v) is 23.1. The summed E-state index contributed by atoms with van der Waals surface area (Å²) in [7, 11) is -4.29. The second-order valence-corrected chi connectivity index (χ2v) is 11.5. The van der Waals surface area contributed by atoms with E-state index >= 15 is 0 Å². The maximum absolute atomic E-state index is 13.8. The Morgan fingerprint density at radius 2 is 2.00 bits per heavy atom. The van der Waals surface area contributed by atoms with E-state index in [-0.39, 0.29) is 23.0 Å². The van der Waals surface area contributed by atoms with Gasteiger partial charge < -0.3 is 29.9 Å². The van der Waals surface area contributed by atoms with Crippen LogP contribution in [0.3, 0.4) is 0 Å². The van der Waals surface area contributed by atoms with Gasteiger partial charge in [-0.15, -0.1) is 10.2 Å². The van der Waals surface area contributed by atoms with E-state index in [1.165, 1.54) is 49.0 Å². The Balaban J connectivity index is 1.54. The van der Waals surface area contributed by atoms with E-state index in [2.05, 4.69) is 25.4 Å². The fraction of sp³-hybridized carbons (Fsp3) is 0.500. The van der Waals surface area contributed by atoms with Crippen LogP contribution in [-0.2, 0) is 23.4 Å². The van der Waals surface area contributed by atoms with Gasteiger partial charge in [-0.25, -0.2) is 9.55 Å². The van der Waals surface area contributed by atoms with Crippen LogP contribution in [0.2, 0.25) is 5.02 Å². The predicted octanol–water partition coefficient (Wildman–Crippen LogP) is 1.44. The number of hydrogen-bond acceptors (Lipinski definition) is 13. The summed E-state index contributed by atoms with van der Waals surface area (Å²) < 4.78 is 37.2. The van der Waals surface area contributed by atoms with Crippen molar-refractivity contribution in [2.24, 2.45) is 0 Å². The number of fused-ring (bicyclic) bond motifs is 1. The van der Waals surface area contributed by atoms with Crippen LogP contribution in [0.5, 0.6) is 5.75 Å². The van der Waals surface area contributed by atoms with Gasteiger partial charge in [-0.1, -0.05) is 11.6 Å². The molecule has 0 spiro atoms. The zero-order valence-electron chi connectivity index (χ0n) is 21.5. The molecule has 0 radical (unpaired) electrons. The van der Waals surface area contributed by atoms with Gasteiger partial charge in [-0.2, -0.15) is 14.7 Å². The van der Waals surface area contributed by atoms with Crippen molar-refractivity contribution in [3.63, 3.8) is 0 Å². The topological polar surface area (TPSA) is 206 Å². The maximum Gasteiger partial charge on any atom is 0.459 e. The molecule has 0 bridgehead atoms. The molecule has 2 aromatic heterocycles. The van der Waals surface area contributed by atoms with E-state index in [1.807, 2.05) is 0 Å². The lowest BCUT2D eigenvalue weighted by Gasteiger charge is -2.26. The van der Waals surface area contributed by atoms with E-state index < -0.39 is 56.4 Å². The Hall–Kier alpha value is -2.91. The summed E-state index contributed by atoms with van der Waals surface area (Å²) in [6.45, 7) is 5.58. The lowest BCUT2D eigenvalue weighted by molar-refractivity contribution is -0.149. The number of hydrogen-bond donors (Lipinski definition) is 4. The Morgan fingerprint density at radius 3 is 2.67 bits per heavy atom. The molecule has 39 heavy (non-hydrogen) atoms. The van der Waals surface area contributed by atoms with Crippen molar-refractivity contribution in [3.05, 3.63) is 41.4 Å². The summed E-state index contributed by atoms with van der Waals surface area (Å²) in [6, 6.07) is 4.86. The summed E-state index contributed by atoms with van der Waals surface area (Å²) >= 11 is 5.92. The lowest BCUT2D eigenvalue weighted by Crippen LogP contribution is -2.44. The van der Waals surface area contributed by atoms with Crippen LogP contribution < -0.4 is 15.3 Å². The van der Waals surface area contributed by atoms with Crippen LogP contribution in [0.25, 0.3) is 5.65 Å². The van der Waals surface area contributed by atoms with Crippen molar-refractivity contribution in [1.82, 2.24) is 29.9 Å². The van der Waals surface area contributed by atoms with E-state index in [0.717, 1.165) is 0 Å². The third-order valence-electron chi connectivity index (χ3n) is 5.79. The molecule has 1 saturated heterocycles. The van der Waals surface area contributed by atoms with Crippen LogP contribution in [0.1, 0.15) is 39.6 Å². The fourth-order valence-electron chi connectivity index (χ4n) is 3.82. The largest absolute Gasteiger partial charge is 0.462 e. The Kier molecular flexibility index (Phi) is 8.42. The Bertz CT molecular complexity index is 1370. The van der Waals surface area contributed by atoms with Gasteiger partial charge in [0.1, 0.15) is 35.9 Å². The Morgan fingerprint density at radius 1 is 1.31 bits per heavy atom. The standard InChI is InChI=1S/C22H29ClN7O8P/c1-11(2)36-21(32)12(3)29-39(34,38-14-7-5-13(23)6-8-14)35-9-15-16(31)22(4,33)17(37-15)19-27-28-20-18(24)25-10-26-30(19)20/h5-8,10-12,15-17,31,33H,9H2,1-4H3,(H,29,34)(H2,24,25,26)/t12-,15?,16+,17-,22+,39?/m0/s1. The summed E-state index contributed by atoms with van der Waals surface area (Å²) in [5.41, 5.74) is 4.05. The number of ether oxygens (including phenoxy) is 2. The minimum absolute atomic E-state index is 0.0504. The number of halogens is 1. The van der Waals surface area contributed by atoms with Crippen molar-refractivity contribution < 1.29 is 38.1 Å². The molecule has 1 fully saturated rings. The maximum atomic E-state index is 13.8. The molecule has 4 rings (SSSR count). The molecule has 1 aliphatic rings. The lowest BCUT2D eigenvalue weighted by atomic mass is 9.92. The third-order valence-corrected chi connectivity index (χ3v) is 7.69. The zero-order chi connectivity index (χ0) is 28.5. The normalized spacial score (nSPS) is 25.5. The van der Waals surface area contributed by atoms with Crippen LogP contribution in [0.4, 0.5) is 5.82 Å². The molecular formula is C22H29ClN7O8P. The van der Waals surface area contributed by atoms with Crippen molar-refractivity contribution >= 4 is 36.8 Å². The highest BCUT2D eigenvalue weighted by atomic mass is 35.5. The van der Waals surface area contributed by atoms with Crippen LogP contribution >= 0.6 is 19.3 Å². The highest BCUT2D eigenvalue weighted by Crippen LogP contribution is 2.47. The van der Waals surface area contributed by atoms with Crippen molar-refractivity contribution in [3.8, 4) is 5.75 Å². The molecule has 2 unspecified atom stereocenters. The molecule has 1 aliphatic heterocycles. The number of nitrogens with one attached hydrogen (secondary N) is 1. The molecule has 15 nitrogen and oxygen atoms in total. The molecular weight excluding hydrogens is 557 g/mol. The molecule has 5 N–H and O–H groups in total. The summed E-state index contributed by atoms with van der Waals surface area (Å²) in [6.07, 6.45) is -3.19. The molecule has 17 heteroatoms. The second-order valence-electron chi connectivity index (χ2n) is 9.34. The van der Waals surface area contributed by atoms with Crippen molar-refractivity contribution in [2.45, 2.75) is 63.8 Å². The number of nitrogens with zero attached hydrogens (tertiary/aromatic N) is 5. The minimum atomic E-state index is -4.29. The quantitative estimate of drug-likeness (QED) is 0.196. The van der Waals surface area contributed by atoms with Gasteiger partial charge in [0.2, 0.25) is 5.65 Å². The second kappa shape index (κ2) is 11.3. The van der Waals surface area contributed by atoms with Crippen LogP contribution in [-0.4, -0.2) is 77.5 Å². The summed E-state index contributed by atoms with van der Waals surface area (Å²) in [4.78, 5) is 16.2. The number of aromatic nitrogens is 5. The highest BCUT2D eigenvalue weighted by Gasteiger charge is 2.55. The van der Waals surface area contributed by atoms with Crippen LogP contribution in [0.15, 0.2) is 30.6 Å². The van der Waals surface area contributed by atoms with E-state index in [1.54, 1.807) is 13.8 Å². The molecule has 3 aromatic rings. The van der Waals surface area contributed by atoms with Crippen molar-refractivity contribution in [1.29, 1.82) is 0 Å². The number of esters is 1. The monoisotopic (exact) mass is 585 g/mol. The van der Waals surface area contributed by atoms with Crippen molar-refractivity contribution in [2.75, 3.05) is 12.3 Å². The van der Waals surface area contributed by atoms with Gasteiger partial charge in [-0.3, -0.25) is 9.32 Å². The number of nitrogen functional groups attached to an aromatic ring is 1. The van der Waals surface area contributed by atoms with Gasteiger partial charge in [-0.05, 0) is 52.0 Å². The van der Waals surface area contributed by atoms with Gasteiger partial charge in [0.25, 0.3) is 0 Å². The van der Waals surface area contributed by atoms with E-state index in [9.17, 15) is 19.6 Å². The molecule has 6 atom stereocenters. The minimum Gasteiger partial charge on any atom is -0.462 e. The number of aliphatic hydroxyl groups excluding tert-OH is 1. The summed E-state index contributed by atoms with van der Waals surface area (Å²) in [5.74, 6) is -0.453. The van der Waals surface area contributed by atoms with Gasteiger partial charge in [0.05, 0.1) is 12.7 Å². The number of carbonyl (C=O) groups excluding carboxylic acids is 1. The van der Waals surface area contributed by atoms with Gasteiger partial charge in [0, 0.05) is 5.02 Å². The molecule has 0 aliphatic carbocycles. The van der Waals surface area contributed by atoms with Gasteiger partial charge >= 0.3 is 13.7 Å². The average Bonchev–Trinajstić information content (AvgIpc) is 3.38. The third kappa shape index (κ3) is 6.30.